The first-order chi connectivity index (χ1) is 26.1. The Bertz CT molecular complexity index is 1410. The average Bonchev–Trinajstić information content (AvgIpc) is 3.93. The van der Waals surface area contributed by atoms with Gasteiger partial charge in [-0.1, -0.05) is 185 Å². The lowest BCUT2D eigenvalue weighted by Crippen LogP contribution is -2.14. The second-order valence-electron chi connectivity index (χ2n) is 15.7. The predicted octanol–water partition coefficient (Wildman–Crippen LogP) is 15.0. The predicted molar refractivity (Wildman–Crippen MR) is 233 cm³/mol. The van der Waals surface area contributed by atoms with E-state index in [1.165, 1.54) is 165 Å². The van der Waals surface area contributed by atoms with Crippen LogP contribution < -0.4 is 14.4 Å². The quantitative estimate of drug-likeness (QED) is 0.0360. The Hall–Kier alpha value is -2.13. The van der Waals surface area contributed by atoms with E-state index in [0.717, 1.165) is 29.6 Å². The van der Waals surface area contributed by atoms with E-state index >= 15 is 0 Å². The zero-order valence-electron chi connectivity index (χ0n) is 33.6. The Kier molecular flexibility index (Phi) is 21.9. The fourth-order valence-electron chi connectivity index (χ4n) is 7.54. The van der Waals surface area contributed by atoms with Gasteiger partial charge in [0.2, 0.25) is 0 Å². The van der Waals surface area contributed by atoms with Crippen LogP contribution in [0.5, 0.6) is 11.5 Å². The summed E-state index contributed by atoms with van der Waals surface area (Å²) in [5.74, 6) is 1.60. The number of aryl methyl sites for hydroxylation is 2. The molecule has 0 aromatic heterocycles. The van der Waals surface area contributed by atoms with E-state index in [1.54, 1.807) is 0 Å². The fraction of sp³-hybridized carbons (Fsp3) is 0.625. The molecule has 0 radical (unpaired) electrons. The second kappa shape index (κ2) is 26.6. The maximum atomic E-state index is 6.68. The number of benzene rings is 3. The smallest absolute Gasteiger partial charge is 0.319 e. The molecule has 3 nitrogen and oxygen atoms in total. The average molecular weight is 761 g/mol. The van der Waals surface area contributed by atoms with Crippen molar-refractivity contribution in [3.8, 4) is 11.5 Å². The van der Waals surface area contributed by atoms with Crippen molar-refractivity contribution in [1.82, 2.24) is 0 Å². The van der Waals surface area contributed by atoms with E-state index in [2.05, 4.69) is 50.2 Å². The monoisotopic (exact) mass is 761 g/mol. The Morgan fingerprint density at radius 2 is 0.868 bits per heavy atom. The SMILES string of the molecule is CCCCCCCCCCCCCCCc1cccc(OP(=S)(Oc2cccc(CCCCCCCC3OC3CCCCCC)c2)c2ccccc2)c1. The minimum atomic E-state index is -2.85. The third-order valence-corrected chi connectivity index (χ3v) is 13.8. The molecule has 0 amide bonds. The minimum Gasteiger partial charge on any atom is -0.432 e. The molecule has 3 aromatic rings. The van der Waals surface area contributed by atoms with Crippen LogP contribution in [0.4, 0.5) is 0 Å². The third-order valence-electron chi connectivity index (χ3n) is 10.9. The minimum absolute atomic E-state index is 0.552. The Morgan fingerprint density at radius 1 is 0.472 bits per heavy atom. The van der Waals surface area contributed by atoms with Gasteiger partial charge in [0.25, 0.3) is 0 Å². The van der Waals surface area contributed by atoms with Crippen molar-refractivity contribution in [2.75, 3.05) is 0 Å². The van der Waals surface area contributed by atoms with Crippen LogP contribution >= 0.6 is 6.49 Å². The highest BCUT2D eigenvalue weighted by Crippen LogP contribution is 2.48. The van der Waals surface area contributed by atoms with E-state index in [0.29, 0.717) is 12.2 Å². The van der Waals surface area contributed by atoms with Gasteiger partial charge >= 0.3 is 6.49 Å². The van der Waals surface area contributed by atoms with Crippen molar-refractivity contribution >= 4 is 23.6 Å². The summed E-state index contributed by atoms with van der Waals surface area (Å²) >= 11 is 6.28. The van der Waals surface area contributed by atoms with Crippen LogP contribution in [0.1, 0.15) is 179 Å². The molecule has 53 heavy (non-hydrogen) atoms. The summed E-state index contributed by atoms with van der Waals surface area (Å²) in [7, 11) is 0. The number of hydrogen-bond acceptors (Lipinski definition) is 4. The first-order valence-electron chi connectivity index (χ1n) is 22.0. The van der Waals surface area contributed by atoms with Crippen molar-refractivity contribution in [3.63, 3.8) is 0 Å². The topological polar surface area (TPSA) is 31.0 Å². The molecule has 3 atom stereocenters. The van der Waals surface area contributed by atoms with Crippen molar-refractivity contribution in [2.24, 2.45) is 0 Å². The van der Waals surface area contributed by atoms with Crippen LogP contribution in [0.15, 0.2) is 78.9 Å². The van der Waals surface area contributed by atoms with Gasteiger partial charge in [-0.05, 0) is 97.9 Å². The number of ether oxygens (including phenoxy) is 1. The van der Waals surface area contributed by atoms with Crippen LogP contribution in [0.25, 0.3) is 0 Å². The van der Waals surface area contributed by atoms with Gasteiger partial charge in [0.05, 0.1) is 17.5 Å². The molecule has 1 heterocycles. The normalized spacial score (nSPS) is 16.3. The van der Waals surface area contributed by atoms with E-state index in [-0.39, 0.29) is 0 Å². The Labute approximate surface area is 330 Å². The summed E-state index contributed by atoms with van der Waals surface area (Å²) in [6.45, 7) is 1.71. The van der Waals surface area contributed by atoms with Crippen molar-refractivity contribution in [1.29, 1.82) is 0 Å². The van der Waals surface area contributed by atoms with Crippen molar-refractivity contribution in [2.45, 2.75) is 193 Å². The highest BCUT2D eigenvalue weighted by molar-refractivity contribution is 8.13. The summed E-state index contributed by atoms with van der Waals surface area (Å²) in [6, 6.07) is 27.2. The molecule has 294 valence electrons. The molecule has 0 aliphatic carbocycles. The molecular formula is C48H73O3PS. The van der Waals surface area contributed by atoms with Gasteiger partial charge in [-0.25, -0.2) is 0 Å². The maximum Gasteiger partial charge on any atom is 0.319 e. The molecule has 0 N–H and O–H groups in total. The lowest BCUT2D eigenvalue weighted by atomic mass is 10.0. The third kappa shape index (κ3) is 18.4. The molecule has 0 spiro atoms. The summed E-state index contributed by atoms with van der Waals surface area (Å²) < 4.78 is 19.3. The number of unbranched alkanes of at least 4 members (excludes halogenated alkanes) is 19. The summed E-state index contributed by atoms with van der Waals surface area (Å²) in [4.78, 5) is 0. The summed E-state index contributed by atoms with van der Waals surface area (Å²) in [6.07, 6.45) is 35.4. The molecule has 1 fully saturated rings. The van der Waals surface area contributed by atoms with Gasteiger partial charge < -0.3 is 13.8 Å². The molecule has 0 bridgehead atoms. The zero-order valence-corrected chi connectivity index (χ0v) is 35.3. The first-order valence-corrected chi connectivity index (χ1v) is 24.6. The van der Waals surface area contributed by atoms with E-state index in [9.17, 15) is 0 Å². The molecule has 1 aliphatic heterocycles. The van der Waals surface area contributed by atoms with Crippen molar-refractivity contribution in [3.05, 3.63) is 90.0 Å². The molecule has 0 saturated carbocycles. The first kappa shape index (κ1) is 43.6. The highest BCUT2D eigenvalue weighted by atomic mass is 32.5. The van der Waals surface area contributed by atoms with E-state index in [4.69, 9.17) is 25.6 Å². The zero-order chi connectivity index (χ0) is 37.2. The molecule has 3 unspecified atom stereocenters. The lowest BCUT2D eigenvalue weighted by Gasteiger charge is -2.24. The standard InChI is InChI=1S/C48H73O3PS/c1-3-5-7-9-10-11-12-13-14-15-16-18-22-30-42-32-28-34-44(40-42)50-52(53,46-36-24-21-25-37-46)51-45-35-29-33-43(41-45)31-23-19-17-20-27-39-48-47(49-48)38-26-8-6-4-2/h21,24-25,28-29,32-37,40-41,47-48H,3-20,22-23,26-27,30-31,38-39H2,1-2H3. The number of epoxide rings is 1. The molecular weight excluding hydrogens is 688 g/mol. The largest absolute Gasteiger partial charge is 0.432 e. The van der Waals surface area contributed by atoms with Crippen LogP contribution in [-0.4, -0.2) is 12.2 Å². The van der Waals surface area contributed by atoms with Crippen LogP contribution in [0, 0.1) is 0 Å². The number of rotatable bonds is 32. The van der Waals surface area contributed by atoms with Crippen LogP contribution in [-0.2, 0) is 29.4 Å². The van der Waals surface area contributed by atoms with Gasteiger partial charge in [-0.3, -0.25) is 0 Å². The van der Waals surface area contributed by atoms with Gasteiger partial charge in [-0.15, -0.1) is 0 Å². The second-order valence-corrected chi connectivity index (χ2v) is 19.0. The Balaban J connectivity index is 1.16. The molecule has 1 aliphatic rings. The maximum absolute atomic E-state index is 6.68. The molecule has 1 saturated heterocycles. The fourth-order valence-corrected chi connectivity index (χ4v) is 9.99. The van der Waals surface area contributed by atoms with E-state index in [1.807, 2.05) is 42.5 Å². The molecule has 5 heteroatoms. The van der Waals surface area contributed by atoms with E-state index < -0.39 is 6.49 Å². The lowest BCUT2D eigenvalue weighted by molar-refractivity contribution is 0.348. The summed E-state index contributed by atoms with van der Waals surface area (Å²) in [5.41, 5.74) is 2.61. The number of hydrogen-bond donors (Lipinski definition) is 0. The molecule has 3 aromatic carbocycles. The van der Waals surface area contributed by atoms with Crippen molar-refractivity contribution < 1.29 is 13.8 Å². The van der Waals surface area contributed by atoms with Gasteiger partial charge in [0.15, 0.2) is 0 Å². The van der Waals surface area contributed by atoms with Gasteiger partial charge in [-0.2, -0.15) is 0 Å². The Morgan fingerprint density at radius 3 is 1.32 bits per heavy atom. The van der Waals surface area contributed by atoms with Crippen LogP contribution in [0.2, 0.25) is 0 Å². The molecule has 4 rings (SSSR count). The summed E-state index contributed by atoms with van der Waals surface area (Å²) in [5, 5.41) is 0.932. The van der Waals surface area contributed by atoms with Crippen LogP contribution in [0.3, 0.4) is 0 Å². The highest BCUT2D eigenvalue weighted by Gasteiger charge is 2.36. The van der Waals surface area contributed by atoms with Gasteiger partial charge in [0, 0.05) is 0 Å². The van der Waals surface area contributed by atoms with Gasteiger partial charge in [0.1, 0.15) is 11.5 Å².